The number of likely N-dealkylation sites (N-methyl/N-ethyl adjacent to an activating group) is 1. The standard InChI is InChI=1S/C9H13NO5S/c1-10(8(11)2-3-9(12)13)7-4-5-16(14,15)6-7/h2-3,7H,4-6H2,1H3,(H,12,13)/b3-2-/t7-/m1/s1. The molecule has 1 atom stereocenters. The number of hydrogen-bond acceptors (Lipinski definition) is 4. The first-order valence-electron chi connectivity index (χ1n) is 4.70. The Labute approximate surface area is 93.5 Å². The second kappa shape index (κ2) is 4.65. The number of rotatable bonds is 3. The van der Waals surface area contributed by atoms with Gasteiger partial charge in [-0.25, -0.2) is 13.2 Å². The maximum absolute atomic E-state index is 11.4. The zero-order valence-electron chi connectivity index (χ0n) is 8.79. The normalized spacial score (nSPS) is 23.4. The van der Waals surface area contributed by atoms with Gasteiger partial charge in [0.25, 0.3) is 0 Å². The molecule has 0 spiro atoms. The van der Waals surface area contributed by atoms with Gasteiger partial charge in [0, 0.05) is 25.2 Å². The zero-order valence-corrected chi connectivity index (χ0v) is 9.61. The second-order valence-electron chi connectivity index (χ2n) is 3.68. The minimum Gasteiger partial charge on any atom is -0.478 e. The lowest BCUT2D eigenvalue weighted by atomic mass is 10.2. The van der Waals surface area contributed by atoms with Crippen LogP contribution in [0.1, 0.15) is 6.42 Å². The van der Waals surface area contributed by atoms with Crippen molar-refractivity contribution in [2.75, 3.05) is 18.6 Å². The van der Waals surface area contributed by atoms with Gasteiger partial charge in [-0.1, -0.05) is 0 Å². The minimum absolute atomic E-state index is 0.0455. The van der Waals surface area contributed by atoms with Crippen molar-refractivity contribution in [2.45, 2.75) is 12.5 Å². The number of amides is 1. The van der Waals surface area contributed by atoms with Crippen LogP contribution in [0.3, 0.4) is 0 Å². The fourth-order valence-electron chi connectivity index (χ4n) is 1.52. The maximum Gasteiger partial charge on any atom is 0.328 e. The van der Waals surface area contributed by atoms with Gasteiger partial charge >= 0.3 is 5.97 Å². The van der Waals surface area contributed by atoms with Crippen molar-refractivity contribution in [1.29, 1.82) is 0 Å². The van der Waals surface area contributed by atoms with Gasteiger partial charge in [-0.05, 0) is 6.42 Å². The fourth-order valence-corrected chi connectivity index (χ4v) is 3.30. The van der Waals surface area contributed by atoms with E-state index in [4.69, 9.17) is 5.11 Å². The Morgan fingerprint density at radius 3 is 2.44 bits per heavy atom. The molecule has 90 valence electrons. The highest BCUT2D eigenvalue weighted by atomic mass is 32.2. The zero-order chi connectivity index (χ0) is 12.3. The fraction of sp³-hybridized carbons (Fsp3) is 0.556. The summed E-state index contributed by atoms with van der Waals surface area (Å²) in [5.41, 5.74) is 0. The third-order valence-electron chi connectivity index (χ3n) is 2.47. The molecule has 0 radical (unpaired) electrons. The number of aliphatic carboxylic acids is 1. The van der Waals surface area contributed by atoms with Crippen LogP contribution in [-0.2, 0) is 19.4 Å². The molecule has 16 heavy (non-hydrogen) atoms. The Bertz CT molecular complexity index is 425. The van der Waals surface area contributed by atoms with Crippen LogP contribution in [0.4, 0.5) is 0 Å². The summed E-state index contributed by atoms with van der Waals surface area (Å²) in [4.78, 5) is 22.9. The predicted octanol–water partition coefficient (Wildman–Crippen LogP) is -0.727. The van der Waals surface area contributed by atoms with Crippen molar-refractivity contribution in [3.63, 3.8) is 0 Å². The summed E-state index contributed by atoms with van der Waals surface area (Å²) in [6, 6.07) is -0.351. The third-order valence-corrected chi connectivity index (χ3v) is 4.22. The number of carbonyl (C=O) groups is 2. The third kappa shape index (κ3) is 3.34. The summed E-state index contributed by atoms with van der Waals surface area (Å²) >= 11 is 0. The second-order valence-corrected chi connectivity index (χ2v) is 5.91. The average Bonchev–Trinajstić information content (AvgIpc) is 2.54. The molecule has 0 bridgehead atoms. The molecule has 1 N–H and O–H groups in total. The number of carboxylic acids is 1. The van der Waals surface area contributed by atoms with Crippen LogP contribution in [0.15, 0.2) is 12.2 Å². The predicted molar refractivity (Wildman–Crippen MR) is 56.6 cm³/mol. The number of hydrogen-bond donors (Lipinski definition) is 1. The van der Waals surface area contributed by atoms with Crippen LogP contribution in [0, 0.1) is 0 Å². The molecule has 1 fully saturated rings. The Kier molecular flexibility index (Phi) is 3.69. The number of sulfone groups is 1. The van der Waals surface area contributed by atoms with Crippen molar-refractivity contribution in [3.05, 3.63) is 12.2 Å². The molecule has 0 aliphatic carbocycles. The molecule has 0 aromatic carbocycles. The molecule has 6 nitrogen and oxygen atoms in total. The van der Waals surface area contributed by atoms with Gasteiger partial charge in [0.05, 0.1) is 11.5 Å². The lowest BCUT2D eigenvalue weighted by Gasteiger charge is -2.21. The van der Waals surface area contributed by atoms with Gasteiger partial charge in [-0.15, -0.1) is 0 Å². The highest BCUT2D eigenvalue weighted by molar-refractivity contribution is 7.91. The Morgan fingerprint density at radius 2 is 2.00 bits per heavy atom. The first kappa shape index (κ1) is 12.7. The van der Waals surface area contributed by atoms with E-state index in [1.54, 1.807) is 0 Å². The Hall–Kier alpha value is -1.37. The monoisotopic (exact) mass is 247 g/mol. The minimum atomic E-state index is -3.04. The molecule has 1 aliphatic rings. The molecular weight excluding hydrogens is 234 g/mol. The van der Waals surface area contributed by atoms with Crippen LogP contribution in [-0.4, -0.2) is 54.9 Å². The number of nitrogens with zero attached hydrogens (tertiary/aromatic N) is 1. The smallest absolute Gasteiger partial charge is 0.328 e. The molecule has 0 unspecified atom stereocenters. The average molecular weight is 247 g/mol. The molecule has 1 saturated heterocycles. The number of carbonyl (C=O) groups excluding carboxylic acids is 1. The maximum atomic E-state index is 11.4. The van der Waals surface area contributed by atoms with Crippen molar-refractivity contribution in [2.24, 2.45) is 0 Å². The van der Waals surface area contributed by atoms with Crippen molar-refractivity contribution in [3.8, 4) is 0 Å². The molecule has 1 amide bonds. The van der Waals surface area contributed by atoms with Gasteiger partial charge in [0.1, 0.15) is 0 Å². The van der Waals surface area contributed by atoms with Crippen LogP contribution in [0.2, 0.25) is 0 Å². The molecular formula is C9H13NO5S. The number of carboxylic acid groups (broad SMARTS) is 1. The molecule has 7 heteroatoms. The summed E-state index contributed by atoms with van der Waals surface area (Å²) in [7, 11) is -1.57. The Morgan fingerprint density at radius 1 is 1.38 bits per heavy atom. The van der Waals surface area contributed by atoms with Crippen molar-refractivity contribution >= 4 is 21.7 Å². The first-order valence-corrected chi connectivity index (χ1v) is 6.52. The van der Waals surface area contributed by atoms with Crippen molar-refractivity contribution in [1.82, 2.24) is 4.90 Å². The molecule has 0 aromatic rings. The van der Waals surface area contributed by atoms with Crippen LogP contribution >= 0.6 is 0 Å². The van der Waals surface area contributed by atoms with Crippen molar-refractivity contribution < 1.29 is 23.1 Å². The highest BCUT2D eigenvalue weighted by Gasteiger charge is 2.31. The largest absolute Gasteiger partial charge is 0.478 e. The first-order chi connectivity index (χ1) is 7.32. The molecule has 1 heterocycles. The van der Waals surface area contributed by atoms with E-state index in [0.717, 1.165) is 12.2 Å². The quantitative estimate of drug-likeness (QED) is 0.664. The SMILES string of the molecule is CN(C(=O)/C=C\C(=O)O)[C@@H]1CCS(=O)(=O)C1. The molecule has 0 aromatic heterocycles. The van der Waals surface area contributed by atoms with E-state index in [9.17, 15) is 18.0 Å². The van der Waals surface area contributed by atoms with Crippen LogP contribution < -0.4 is 0 Å². The lowest BCUT2D eigenvalue weighted by Crippen LogP contribution is -2.36. The van der Waals surface area contributed by atoms with Gasteiger partial charge in [0.2, 0.25) is 5.91 Å². The summed E-state index contributed by atoms with van der Waals surface area (Å²) in [5.74, 6) is -1.67. The van der Waals surface area contributed by atoms with Gasteiger partial charge in [-0.2, -0.15) is 0 Å². The highest BCUT2D eigenvalue weighted by Crippen LogP contribution is 2.16. The summed E-state index contributed by atoms with van der Waals surface area (Å²) in [6.07, 6.45) is 2.07. The van der Waals surface area contributed by atoms with E-state index < -0.39 is 21.7 Å². The van der Waals surface area contributed by atoms with Gasteiger partial charge in [0.15, 0.2) is 9.84 Å². The molecule has 0 saturated carbocycles. The Balaban J connectivity index is 2.62. The summed E-state index contributed by atoms with van der Waals surface area (Å²) in [6.45, 7) is 0. The molecule has 1 aliphatic heterocycles. The van der Waals surface area contributed by atoms with E-state index in [1.165, 1.54) is 11.9 Å². The topological polar surface area (TPSA) is 91.8 Å². The van der Waals surface area contributed by atoms with E-state index in [-0.39, 0.29) is 17.5 Å². The van der Waals surface area contributed by atoms with E-state index >= 15 is 0 Å². The van der Waals surface area contributed by atoms with E-state index in [0.29, 0.717) is 6.42 Å². The van der Waals surface area contributed by atoms with Gasteiger partial charge < -0.3 is 10.0 Å². The summed E-state index contributed by atoms with van der Waals surface area (Å²) in [5, 5.41) is 8.34. The van der Waals surface area contributed by atoms with E-state index in [1.807, 2.05) is 0 Å². The lowest BCUT2D eigenvalue weighted by molar-refractivity contribution is -0.132. The van der Waals surface area contributed by atoms with Crippen LogP contribution in [0.5, 0.6) is 0 Å². The van der Waals surface area contributed by atoms with Crippen LogP contribution in [0.25, 0.3) is 0 Å². The van der Waals surface area contributed by atoms with E-state index in [2.05, 4.69) is 0 Å². The van der Waals surface area contributed by atoms with Gasteiger partial charge in [-0.3, -0.25) is 4.79 Å². The molecule has 1 rings (SSSR count). The summed E-state index contributed by atoms with van der Waals surface area (Å²) < 4.78 is 22.4.